The molecule has 144 valence electrons. The largest absolute Gasteiger partial charge is 0.509 e. The van der Waals surface area contributed by atoms with Gasteiger partial charge in [-0.2, -0.15) is 0 Å². The van der Waals surface area contributed by atoms with Gasteiger partial charge < -0.3 is 19.3 Å². The van der Waals surface area contributed by atoms with Gasteiger partial charge in [-0.05, 0) is 62.7 Å². The Morgan fingerprint density at radius 1 is 1.14 bits per heavy atom. The predicted octanol–water partition coefficient (Wildman–Crippen LogP) is 4.44. The van der Waals surface area contributed by atoms with Crippen LogP contribution in [-0.2, 0) is 7.05 Å². The van der Waals surface area contributed by atoms with Crippen molar-refractivity contribution in [2.45, 2.75) is 26.9 Å². The molecule has 0 saturated carbocycles. The highest BCUT2D eigenvalue weighted by Gasteiger charge is 2.32. The molecule has 2 heterocycles. The van der Waals surface area contributed by atoms with Crippen LogP contribution in [0.15, 0.2) is 48.2 Å². The van der Waals surface area contributed by atoms with Crippen molar-refractivity contribution in [3.63, 3.8) is 0 Å². The van der Waals surface area contributed by atoms with E-state index in [0.717, 1.165) is 28.0 Å². The molecule has 6 heteroatoms. The zero-order valence-electron chi connectivity index (χ0n) is 16.5. The summed E-state index contributed by atoms with van der Waals surface area (Å²) in [5, 5.41) is 19.3. The third-order valence-electron chi connectivity index (χ3n) is 4.88. The molecule has 0 saturated heterocycles. The lowest BCUT2D eigenvalue weighted by Gasteiger charge is -2.19. The molecule has 0 atom stereocenters. The Kier molecular flexibility index (Phi) is 4.34. The minimum atomic E-state index is 0.106. The summed E-state index contributed by atoms with van der Waals surface area (Å²) in [5.74, 6) is 1.78. The van der Waals surface area contributed by atoms with Gasteiger partial charge in [0.05, 0.1) is 29.3 Å². The van der Waals surface area contributed by atoms with Gasteiger partial charge in [-0.15, -0.1) is 0 Å². The molecule has 3 aromatic rings. The first-order valence-electron chi connectivity index (χ1n) is 9.34. The first-order chi connectivity index (χ1) is 13.3. The smallest absolute Gasteiger partial charge is 0.148 e. The number of aryl methyl sites for hydroxylation is 2. The van der Waals surface area contributed by atoms with Crippen molar-refractivity contribution in [3.05, 3.63) is 59.6 Å². The van der Waals surface area contributed by atoms with Gasteiger partial charge in [0.1, 0.15) is 23.2 Å². The first kappa shape index (κ1) is 18.1. The van der Waals surface area contributed by atoms with Crippen molar-refractivity contribution in [2.75, 3.05) is 11.4 Å². The molecule has 0 fully saturated rings. The van der Waals surface area contributed by atoms with E-state index in [1.165, 1.54) is 0 Å². The molecule has 4 rings (SSSR count). The second-order valence-corrected chi connectivity index (χ2v) is 7.40. The third-order valence-corrected chi connectivity index (χ3v) is 4.88. The molecular formula is C22H24N4O2. The number of nitrogens with zero attached hydrogens (tertiary/aromatic N) is 3. The number of aliphatic hydroxyl groups excluding tert-OH is 1. The van der Waals surface area contributed by atoms with Crippen molar-refractivity contribution in [3.8, 4) is 5.75 Å². The van der Waals surface area contributed by atoms with Gasteiger partial charge in [-0.25, -0.2) is 4.98 Å². The summed E-state index contributed by atoms with van der Waals surface area (Å²) in [7, 11) is 1.91. The van der Waals surface area contributed by atoms with Crippen molar-refractivity contribution in [2.24, 2.45) is 7.05 Å². The standard InChI is InChI=1S/C22H24N4O2/c1-13(2)28-16-8-6-15(7-9-16)26-12-19(27)20(21(26)23)22-24-17-11-14(3)5-10-18(17)25(22)4/h5-11,13,23,27H,12H2,1-4H3. The number of benzene rings is 2. The SMILES string of the molecule is Cc1ccc2c(c1)nc(C1=C(O)CN(c3ccc(OC(C)C)cc3)C1=N)n2C. The van der Waals surface area contributed by atoms with Crippen LogP contribution in [0.1, 0.15) is 25.2 Å². The number of rotatable bonds is 4. The highest BCUT2D eigenvalue weighted by molar-refractivity contribution is 6.30. The van der Waals surface area contributed by atoms with Gasteiger partial charge in [0, 0.05) is 12.7 Å². The molecule has 0 bridgehead atoms. The van der Waals surface area contributed by atoms with Crippen molar-refractivity contribution in [1.82, 2.24) is 9.55 Å². The Morgan fingerprint density at radius 3 is 2.54 bits per heavy atom. The summed E-state index contributed by atoms with van der Waals surface area (Å²) in [6.45, 7) is 6.24. The van der Waals surface area contributed by atoms with Crippen molar-refractivity contribution in [1.29, 1.82) is 5.41 Å². The number of nitrogens with one attached hydrogen (secondary N) is 1. The zero-order valence-corrected chi connectivity index (χ0v) is 16.5. The Bertz CT molecular complexity index is 1090. The average molecular weight is 376 g/mol. The molecular weight excluding hydrogens is 352 g/mol. The Morgan fingerprint density at radius 2 is 1.86 bits per heavy atom. The third kappa shape index (κ3) is 3.01. The molecule has 0 spiro atoms. The maximum Gasteiger partial charge on any atom is 0.148 e. The Balaban J connectivity index is 1.66. The zero-order chi connectivity index (χ0) is 20.0. The highest BCUT2D eigenvalue weighted by Crippen LogP contribution is 2.33. The van der Waals surface area contributed by atoms with Gasteiger partial charge in [0.2, 0.25) is 0 Å². The van der Waals surface area contributed by atoms with E-state index in [1.807, 2.05) is 74.9 Å². The average Bonchev–Trinajstić information content (AvgIpc) is 3.11. The van der Waals surface area contributed by atoms with Crippen LogP contribution < -0.4 is 9.64 Å². The molecule has 1 aromatic heterocycles. The lowest BCUT2D eigenvalue weighted by molar-refractivity contribution is 0.242. The quantitative estimate of drug-likeness (QED) is 0.706. The number of aliphatic hydroxyl groups is 1. The summed E-state index contributed by atoms with van der Waals surface area (Å²) >= 11 is 0. The predicted molar refractivity (Wildman–Crippen MR) is 112 cm³/mol. The van der Waals surface area contributed by atoms with E-state index in [-0.39, 0.29) is 24.2 Å². The fourth-order valence-corrected chi connectivity index (χ4v) is 3.55. The Labute approximate surface area is 164 Å². The maximum atomic E-state index is 10.6. The molecule has 0 amide bonds. The van der Waals surface area contributed by atoms with Gasteiger partial charge >= 0.3 is 0 Å². The number of fused-ring (bicyclic) bond motifs is 1. The van der Waals surface area contributed by atoms with Crippen LogP contribution in [0.4, 0.5) is 5.69 Å². The summed E-state index contributed by atoms with van der Waals surface area (Å²) in [5.41, 5.74) is 4.26. The minimum absolute atomic E-state index is 0.106. The molecule has 28 heavy (non-hydrogen) atoms. The van der Waals surface area contributed by atoms with Crippen LogP contribution in [0, 0.1) is 12.3 Å². The summed E-state index contributed by atoms with van der Waals surface area (Å²) in [6, 6.07) is 13.6. The van der Waals surface area contributed by atoms with Crippen LogP contribution >= 0.6 is 0 Å². The van der Waals surface area contributed by atoms with Gasteiger partial charge in [0.15, 0.2) is 0 Å². The lowest BCUT2D eigenvalue weighted by Crippen LogP contribution is -2.26. The van der Waals surface area contributed by atoms with Crippen LogP contribution in [0.3, 0.4) is 0 Å². The highest BCUT2D eigenvalue weighted by atomic mass is 16.5. The van der Waals surface area contributed by atoms with Crippen molar-refractivity contribution < 1.29 is 9.84 Å². The fourth-order valence-electron chi connectivity index (χ4n) is 3.55. The number of ether oxygens (including phenoxy) is 1. The second-order valence-electron chi connectivity index (χ2n) is 7.40. The molecule has 1 aliphatic rings. The van der Waals surface area contributed by atoms with Crippen LogP contribution in [0.25, 0.3) is 16.6 Å². The van der Waals surface area contributed by atoms with Gasteiger partial charge in [-0.1, -0.05) is 6.07 Å². The van der Waals surface area contributed by atoms with Crippen molar-refractivity contribution >= 4 is 28.1 Å². The number of aromatic nitrogens is 2. The topological polar surface area (TPSA) is 74.4 Å². The van der Waals surface area contributed by atoms with Gasteiger partial charge in [-0.3, -0.25) is 5.41 Å². The maximum absolute atomic E-state index is 10.6. The molecule has 1 aliphatic heterocycles. The normalized spacial score (nSPS) is 14.6. The number of hydrogen-bond donors (Lipinski definition) is 2. The number of hydrogen-bond acceptors (Lipinski definition) is 4. The molecule has 0 radical (unpaired) electrons. The Hall–Kier alpha value is -3.28. The monoisotopic (exact) mass is 376 g/mol. The summed E-state index contributed by atoms with van der Waals surface area (Å²) in [6.07, 6.45) is 0.106. The number of amidine groups is 1. The van der Waals surface area contributed by atoms with E-state index in [9.17, 15) is 5.11 Å². The summed E-state index contributed by atoms with van der Waals surface area (Å²) < 4.78 is 7.61. The number of anilines is 1. The van der Waals surface area contributed by atoms with Gasteiger partial charge in [0.25, 0.3) is 0 Å². The molecule has 0 aliphatic carbocycles. The molecule has 0 unspecified atom stereocenters. The first-order valence-corrected chi connectivity index (χ1v) is 9.34. The van der Waals surface area contributed by atoms with E-state index >= 15 is 0 Å². The fraction of sp³-hybridized carbons (Fsp3) is 0.273. The van der Waals surface area contributed by atoms with E-state index in [0.29, 0.717) is 11.4 Å². The molecule has 2 N–H and O–H groups in total. The van der Waals surface area contributed by atoms with Crippen LogP contribution in [0.2, 0.25) is 0 Å². The molecule has 6 nitrogen and oxygen atoms in total. The molecule has 2 aromatic carbocycles. The minimum Gasteiger partial charge on any atom is -0.509 e. The van der Waals surface area contributed by atoms with Crippen LogP contribution in [0.5, 0.6) is 5.75 Å². The van der Waals surface area contributed by atoms with E-state index in [1.54, 1.807) is 4.90 Å². The number of imidazole rings is 1. The van der Waals surface area contributed by atoms with Crippen LogP contribution in [-0.4, -0.2) is 33.1 Å². The van der Waals surface area contributed by atoms with E-state index < -0.39 is 0 Å². The lowest BCUT2D eigenvalue weighted by atomic mass is 10.2. The summed E-state index contributed by atoms with van der Waals surface area (Å²) in [4.78, 5) is 6.46. The second kappa shape index (κ2) is 6.71. The van der Waals surface area contributed by atoms with E-state index in [4.69, 9.17) is 10.1 Å². The van der Waals surface area contributed by atoms with E-state index in [2.05, 4.69) is 4.98 Å².